The lowest BCUT2D eigenvalue weighted by molar-refractivity contribution is -0.116. The second kappa shape index (κ2) is 10.6. The number of hydrogen-bond acceptors (Lipinski definition) is 3. The smallest absolute Gasteiger partial charge is 0.244 e. The van der Waals surface area contributed by atoms with Crippen molar-refractivity contribution in [2.45, 2.75) is 26.8 Å². The SMILES string of the molecule is COc1cc(CNC(=O)/C=C/c2ccc(Cl)cc2)ccc1OCCC(C)C. The molecule has 0 radical (unpaired) electrons. The Bertz CT molecular complexity index is 770. The Kier molecular flexibility index (Phi) is 8.21. The van der Waals surface area contributed by atoms with Gasteiger partial charge in [-0.25, -0.2) is 0 Å². The molecule has 4 nitrogen and oxygen atoms in total. The molecule has 0 aliphatic heterocycles. The van der Waals surface area contributed by atoms with Crippen LogP contribution in [0.4, 0.5) is 0 Å². The van der Waals surface area contributed by atoms with Crippen LogP contribution in [0, 0.1) is 5.92 Å². The van der Waals surface area contributed by atoms with E-state index in [4.69, 9.17) is 21.1 Å². The predicted molar refractivity (Wildman–Crippen MR) is 110 cm³/mol. The van der Waals surface area contributed by atoms with Gasteiger partial charge in [-0.05, 0) is 53.8 Å². The Morgan fingerprint density at radius 3 is 2.56 bits per heavy atom. The molecule has 0 saturated carbocycles. The maximum absolute atomic E-state index is 12.0. The highest BCUT2D eigenvalue weighted by atomic mass is 35.5. The quantitative estimate of drug-likeness (QED) is 0.608. The second-order valence-corrected chi connectivity index (χ2v) is 7.06. The number of carbonyl (C=O) groups is 1. The third kappa shape index (κ3) is 7.35. The molecule has 2 rings (SSSR count). The van der Waals surface area contributed by atoms with Gasteiger partial charge in [-0.2, -0.15) is 0 Å². The van der Waals surface area contributed by atoms with Gasteiger partial charge in [0.25, 0.3) is 0 Å². The second-order valence-electron chi connectivity index (χ2n) is 6.62. The molecule has 5 heteroatoms. The first-order valence-corrected chi connectivity index (χ1v) is 9.37. The van der Waals surface area contributed by atoms with Crippen molar-refractivity contribution in [2.75, 3.05) is 13.7 Å². The van der Waals surface area contributed by atoms with Crippen LogP contribution in [0.2, 0.25) is 5.02 Å². The maximum Gasteiger partial charge on any atom is 0.244 e. The van der Waals surface area contributed by atoms with E-state index < -0.39 is 0 Å². The Balaban J connectivity index is 1.89. The first kappa shape index (κ1) is 20.8. The lowest BCUT2D eigenvalue weighted by Crippen LogP contribution is -2.20. The normalized spacial score (nSPS) is 11.0. The van der Waals surface area contributed by atoms with Crippen molar-refractivity contribution in [3.8, 4) is 11.5 Å². The fourth-order valence-corrected chi connectivity index (χ4v) is 2.47. The van der Waals surface area contributed by atoms with E-state index in [1.807, 2.05) is 30.3 Å². The van der Waals surface area contributed by atoms with E-state index in [0.717, 1.165) is 23.3 Å². The van der Waals surface area contributed by atoms with Crippen LogP contribution in [-0.2, 0) is 11.3 Å². The minimum absolute atomic E-state index is 0.166. The van der Waals surface area contributed by atoms with Crippen LogP contribution < -0.4 is 14.8 Å². The summed E-state index contributed by atoms with van der Waals surface area (Å²) in [5, 5.41) is 3.53. The van der Waals surface area contributed by atoms with Crippen molar-refractivity contribution in [1.29, 1.82) is 0 Å². The van der Waals surface area contributed by atoms with Gasteiger partial charge in [0.2, 0.25) is 5.91 Å². The molecule has 1 amide bonds. The van der Waals surface area contributed by atoms with Crippen molar-refractivity contribution in [2.24, 2.45) is 5.92 Å². The van der Waals surface area contributed by atoms with Gasteiger partial charge in [-0.15, -0.1) is 0 Å². The lowest BCUT2D eigenvalue weighted by atomic mass is 10.1. The Morgan fingerprint density at radius 1 is 1.15 bits per heavy atom. The summed E-state index contributed by atoms with van der Waals surface area (Å²) >= 11 is 5.85. The average Bonchev–Trinajstić information content (AvgIpc) is 2.66. The fraction of sp³-hybridized carbons (Fsp3) is 0.318. The molecule has 0 aromatic heterocycles. The molecule has 0 atom stereocenters. The van der Waals surface area contributed by atoms with E-state index in [9.17, 15) is 4.79 Å². The Labute approximate surface area is 166 Å². The van der Waals surface area contributed by atoms with E-state index in [0.29, 0.717) is 29.8 Å². The van der Waals surface area contributed by atoms with Gasteiger partial charge in [-0.3, -0.25) is 4.79 Å². The van der Waals surface area contributed by atoms with E-state index in [1.54, 1.807) is 25.3 Å². The third-order valence-corrected chi connectivity index (χ3v) is 4.20. The molecule has 0 heterocycles. The monoisotopic (exact) mass is 387 g/mol. The average molecular weight is 388 g/mol. The number of rotatable bonds is 9. The Hall–Kier alpha value is -2.46. The topological polar surface area (TPSA) is 47.6 Å². The molecule has 27 heavy (non-hydrogen) atoms. The van der Waals surface area contributed by atoms with Crippen LogP contribution in [0.25, 0.3) is 6.08 Å². The number of amides is 1. The van der Waals surface area contributed by atoms with Crippen molar-refractivity contribution >= 4 is 23.6 Å². The molecule has 0 saturated heterocycles. The molecule has 2 aromatic carbocycles. The van der Waals surface area contributed by atoms with Crippen molar-refractivity contribution in [3.05, 3.63) is 64.7 Å². The van der Waals surface area contributed by atoms with Gasteiger partial charge >= 0.3 is 0 Å². The number of nitrogens with one attached hydrogen (secondary N) is 1. The summed E-state index contributed by atoms with van der Waals surface area (Å²) in [5.74, 6) is 1.81. The molecular weight excluding hydrogens is 362 g/mol. The zero-order chi connectivity index (χ0) is 19.6. The van der Waals surface area contributed by atoms with E-state index in [-0.39, 0.29) is 5.91 Å². The van der Waals surface area contributed by atoms with E-state index in [1.165, 1.54) is 6.08 Å². The van der Waals surface area contributed by atoms with Gasteiger partial charge in [0.05, 0.1) is 13.7 Å². The van der Waals surface area contributed by atoms with Crippen LogP contribution in [0.3, 0.4) is 0 Å². The van der Waals surface area contributed by atoms with Crippen LogP contribution in [0.1, 0.15) is 31.4 Å². The zero-order valence-corrected chi connectivity index (χ0v) is 16.8. The molecule has 0 aliphatic carbocycles. The number of halogens is 1. The van der Waals surface area contributed by atoms with E-state index >= 15 is 0 Å². The van der Waals surface area contributed by atoms with Crippen molar-refractivity contribution in [1.82, 2.24) is 5.32 Å². The predicted octanol–water partition coefficient (Wildman–Crippen LogP) is 5.10. The third-order valence-electron chi connectivity index (χ3n) is 3.94. The zero-order valence-electron chi connectivity index (χ0n) is 16.0. The number of carbonyl (C=O) groups excluding carboxylic acids is 1. The highest BCUT2D eigenvalue weighted by Gasteiger charge is 2.07. The van der Waals surface area contributed by atoms with Gasteiger partial charge < -0.3 is 14.8 Å². The van der Waals surface area contributed by atoms with Gasteiger partial charge in [-0.1, -0.05) is 43.6 Å². The molecule has 0 fully saturated rings. The van der Waals surface area contributed by atoms with Crippen molar-refractivity contribution < 1.29 is 14.3 Å². The molecule has 2 aromatic rings. The summed E-state index contributed by atoms with van der Waals surface area (Å²) in [7, 11) is 1.61. The van der Waals surface area contributed by atoms with Crippen LogP contribution >= 0.6 is 11.6 Å². The summed E-state index contributed by atoms with van der Waals surface area (Å²) in [6.07, 6.45) is 4.24. The molecule has 144 valence electrons. The summed E-state index contributed by atoms with van der Waals surface area (Å²) in [6.45, 7) is 5.38. The molecule has 1 N–H and O–H groups in total. The number of methoxy groups -OCH3 is 1. The maximum atomic E-state index is 12.0. The summed E-state index contributed by atoms with van der Waals surface area (Å²) in [6, 6.07) is 13.0. The minimum atomic E-state index is -0.166. The number of hydrogen-bond donors (Lipinski definition) is 1. The Morgan fingerprint density at radius 2 is 1.89 bits per heavy atom. The highest BCUT2D eigenvalue weighted by Crippen LogP contribution is 2.28. The minimum Gasteiger partial charge on any atom is -0.493 e. The first-order valence-electron chi connectivity index (χ1n) is 8.99. The largest absolute Gasteiger partial charge is 0.493 e. The van der Waals surface area contributed by atoms with Crippen LogP contribution in [0.15, 0.2) is 48.5 Å². The summed E-state index contributed by atoms with van der Waals surface area (Å²) in [5.41, 5.74) is 1.86. The van der Waals surface area contributed by atoms with Gasteiger partial charge in [0, 0.05) is 17.6 Å². The lowest BCUT2D eigenvalue weighted by Gasteiger charge is -2.13. The standard InChI is InChI=1S/C22H26ClNO3/c1-16(2)12-13-27-20-10-6-18(14-21(20)26-3)15-24-22(25)11-7-17-4-8-19(23)9-5-17/h4-11,14,16H,12-13,15H2,1-3H3,(H,24,25)/b11-7+. The van der Waals surface area contributed by atoms with Crippen LogP contribution in [-0.4, -0.2) is 19.6 Å². The molecule has 0 bridgehead atoms. The summed E-state index contributed by atoms with van der Waals surface area (Å²) in [4.78, 5) is 12.0. The molecule has 0 aliphatic rings. The van der Waals surface area contributed by atoms with Gasteiger partial charge in [0.15, 0.2) is 11.5 Å². The molecule has 0 unspecified atom stereocenters. The van der Waals surface area contributed by atoms with Gasteiger partial charge in [0.1, 0.15) is 0 Å². The van der Waals surface area contributed by atoms with Crippen LogP contribution in [0.5, 0.6) is 11.5 Å². The summed E-state index contributed by atoms with van der Waals surface area (Å²) < 4.78 is 11.2. The number of benzene rings is 2. The molecule has 0 spiro atoms. The fourth-order valence-electron chi connectivity index (χ4n) is 2.34. The van der Waals surface area contributed by atoms with E-state index in [2.05, 4.69) is 19.2 Å². The molecular formula is C22H26ClNO3. The van der Waals surface area contributed by atoms with Crippen molar-refractivity contribution in [3.63, 3.8) is 0 Å². The number of ether oxygens (including phenoxy) is 2. The highest BCUT2D eigenvalue weighted by molar-refractivity contribution is 6.30. The first-order chi connectivity index (χ1) is 13.0.